The fraction of sp³-hybridized carbons (Fsp3) is 0.308. The second-order valence-electron chi connectivity index (χ2n) is 7.56. The first-order valence-electron chi connectivity index (χ1n) is 10.6. The molecule has 162 valence electrons. The van der Waals surface area contributed by atoms with Gasteiger partial charge in [-0.2, -0.15) is 0 Å². The van der Waals surface area contributed by atoms with E-state index in [9.17, 15) is 0 Å². The SMILES string of the molecule is I[C@@H]1C[C@H](OCc2ccccc2)[C@@H](COCc2ccccc2)OC1Sc1ccccc1. The van der Waals surface area contributed by atoms with Gasteiger partial charge in [0.1, 0.15) is 11.5 Å². The Morgan fingerprint density at radius 2 is 1.39 bits per heavy atom. The van der Waals surface area contributed by atoms with Gasteiger partial charge in [-0.1, -0.05) is 113 Å². The van der Waals surface area contributed by atoms with Gasteiger partial charge in [-0.3, -0.25) is 0 Å². The van der Waals surface area contributed by atoms with Gasteiger partial charge >= 0.3 is 0 Å². The van der Waals surface area contributed by atoms with E-state index >= 15 is 0 Å². The molecule has 1 aliphatic heterocycles. The molecular weight excluding hydrogens is 519 g/mol. The summed E-state index contributed by atoms with van der Waals surface area (Å²) in [4.78, 5) is 1.22. The summed E-state index contributed by atoms with van der Waals surface area (Å²) in [7, 11) is 0. The molecule has 0 radical (unpaired) electrons. The zero-order valence-electron chi connectivity index (χ0n) is 17.3. The van der Waals surface area contributed by atoms with Crippen molar-refractivity contribution in [3.05, 3.63) is 102 Å². The Kier molecular flexibility index (Phi) is 8.84. The summed E-state index contributed by atoms with van der Waals surface area (Å²) in [6.45, 7) is 1.68. The molecule has 3 aromatic rings. The van der Waals surface area contributed by atoms with Crippen molar-refractivity contribution in [2.24, 2.45) is 0 Å². The summed E-state index contributed by atoms with van der Waals surface area (Å²) in [5.74, 6) is 0. The van der Waals surface area contributed by atoms with Crippen LogP contribution in [0, 0.1) is 0 Å². The van der Waals surface area contributed by atoms with E-state index in [0.717, 1.165) is 6.42 Å². The highest BCUT2D eigenvalue weighted by molar-refractivity contribution is 14.1. The van der Waals surface area contributed by atoms with E-state index in [1.807, 2.05) is 42.5 Å². The molecule has 3 nitrogen and oxygen atoms in total. The molecule has 0 N–H and O–H groups in total. The lowest BCUT2D eigenvalue weighted by Crippen LogP contribution is -2.47. The standard InChI is InChI=1S/C26H27IO3S/c27-23-16-24(29-18-21-12-6-2-7-13-21)25(19-28-17-20-10-4-1-5-11-20)30-26(23)31-22-14-8-3-9-15-22/h1-15,23-26H,16-19H2/t23-,24+,25-,26?/m1/s1. The molecule has 4 rings (SSSR count). The average Bonchev–Trinajstić information content (AvgIpc) is 2.82. The van der Waals surface area contributed by atoms with E-state index < -0.39 is 0 Å². The van der Waals surface area contributed by atoms with Crippen LogP contribution >= 0.6 is 34.4 Å². The summed E-state index contributed by atoms with van der Waals surface area (Å²) in [6.07, 6.45) is 0.849. The van der Waals surface area contributed by atoms with E-state index in [2.05, 4.69) is 71.1 Å². The Morgan fingerprint density at radius 3 is 2.03 bits per heavy atom. The minimum atomic E-state index is -0.0975. The van der Waals surface area contributed by atoms with Crippen LogP contribution in [0.3, 0.4) is 0 Å². The van der Waals surface area contributed by atoms with E-state index in [1.165, 1.54) is 16.0 Å². The van der Waals surface area contributed by atoms with Gasteiger partial charge in [0.25, 0.3) is 0 Å². The van der Waals surface area contributed by atoms with Crippen molar-refractivity contribution < 1.29 is 14.2 Å². The van der Waals surface area contributed by atoms with Crippen LogP contribution in [-0.2, 0) is 27.4 Å². The van der Waals surface area contributed by atoms with E-state index in [0.29, 0.717) is 23.7 Å². The predicted octanol–water partition coefficient (Wildman–Crippen LogP) is 6.50. The van der Waals surface area contributed by atoms with Crippen LogP contribution in [0.15, 0.2) is 95.9 Å². The van der Waals surface area contributed by atoms with Crippen LogP contribution in [-0.4, -0.2) is 28.2 Å². The van der Waals surface area contributed by atoms with Crippen molar-refractivity contribution in [1.82, 2.24) is 0 Å². The molecule has 0 amide bonds. The van der Waals surface area contributed by atoms with E-state index in [1.54, 1.807) is 11.8 Å². The summed E-state index contributed by atoms with van der Waals surface area (Å²) < 4.78 is 19.3. The molecule has 0 spiro atoms. The van der Waals surface area contributed by atoms with Crippen molar-refractivity contribution in [1.29, 1.82) is 0 Å². The van der Waals surface area contributed by atoms with Gasteiger partial charge in [0.2, 0.25) is 0 Å². The van der Waals surface area contributed by atoms with E-state index in [4.69, 9.17) is 14.2 Å². The van der Waals surface area contributed by atoms with Crippen LogP contribution in [0.4, 0.5) is 0 Å². The number of hydrogen-bond acceptors (Lipinski definition) is 4. The van der Waals surface area contributed by atoms with Gasteiger partial charge in [-0.15, -0.1) is 0 Å². The summed E-state index contributed by atoms with van der Waals surface area (Å²) >= 11 is 4.29. The minimum absolute atomic E-state index is 0.00510. The molecule has 0 aromatic heterocycles. The van der Waals surface area contributed by atoms with Crippen molar-refractivity contribution in [3.63, 3.8) is 0 Å². The first kappa shape index (κ1) is 22.8. The number of halogens is 1. The number of ether oxygens (including phenoxy) is 3. The third-order valence-electron chi connectivity index (χ3n) is 5.17. The third kappa shape index (κ3) is 7.05. The molecule has 5 heteroatoms. The van der Waals surface area contributed by atoms with Crippen molar-refractivity contribution in [2.75, 3.05) is 6.61 Å². The van der Waals surface area contributed by atoms with Gasteiger partial charge in [0.05, 0.1) is 25.9 Å². The topological polar surface area (TPSA) is 27.7 Å². The van der Waals surface area contributed by atoms with Crippen LogP contribution in [0.5, 0.6) is 0 Å². The smallest absolute Gasteiger partial charge is 0.120 e. The molecule has 1 aliphatic rings. The summed E-state index contributed by atoms with van der Waals surface area (Å²) in [6, 6.07) is 31.0. The number of rotatable bonds is 9. The monoisotopic (exact) mass is 546 g/mol. The summed E-state index contributed by atoms with van der Waals surface area (Å²) in [5.41, 5.74) is 2.42. The molecular formula is C26H27IO3S. The van der Waals surface area contributed by atoms with Gasteiger partial charge in [0, 0.05) is 8.82 Å². The number of hydrogen-bond donors (Lipinski definition) is 0. The van der Waals surface area contributed by atoms with Crippen LogP contribution < -0.4 is 0 Å². The molecule has 1 heterocycles. The maximum atomic E-state index is 6.55. The largest absolute Gasteiger partial charge is 0.374 e. The Morgan fingerprint density at radius 1 is 0.806 bits per heavy atom. The molecule has 1 fully saturated rings. The molecule has 1 saturated heterocycles. The second-order valence-corrected chi connectivity index (χ2v) is 10.3. The molecule has 31 heavy (non-hydrogen) atoms. The minimum Gasteiger partial charge on any atom is -0.374 e. The first-order chi connectivity index (χ1) is 15.3. The van der Waals surface area contributed by atoms with Crippen LogP contribution in [0.1, 0.15) is 17.5 Å². The van der Waals surface area contributed by atoms with Crippen LogP contribution in [0.2, 0.25) is 0 Å². The number of benzene rings is 3. The van der Waals surface area contributed by atoms with Crippen molar-refractivity contribution in [3.8, 4) is 0 Å². The maximum Gasteiger partial charge on any atom is 0.120 e. The Bertz CT molecular complexity index is 894. The fourth-order valence-electron chi connectivity index (χ4n) is 3.53. The van der Waals surface area contributed by atoms with Crippen molar-refractivity contribution in [2.45, 2.75) is 46.1 Å². The highest BCUT2D eigenvalue weighted by atomic mass is 127. The average molecular weight is 546 g/mol. The number of thioether (sulfide) groups is 1. The molecule has 0 saturated carbocycles. The molecule has 3 aromatic carbocycles. The van der Waals surface area contributed by atoms with Gasteiger partial charge in [-0.05, 0) is 29.7 Å². The molecule has 0 bridgehead atoms. The normalized spacial score (nSPS) is 23.5. The zero-order valence-corrected chi connectivity index (χ0v) is 20.3. The third-order valence-corrected chi connectivity index (χ3v) is 8.04. The van der Waals surface area contributed by atoms with E-state index in [-0.39, 0.29) is 17.6 Å². The highest BCUT2D eigenvalue weighted by Gasteiger charge is 2.38. The maximum absolute atomic E-state index is 6.55. The Hall–Kier alpha value is -1.38. The zero-order chi connectivity index (χ0) is 21.3. The first-order valence-corrected chi connectivity index (χ1v) is 12.7. The van der Waals surface area contributed by atoms with Crippen LogP contribution in [0.25, 0.3) is 0 Å². The molecule has 1 unspecified atom stereocenters. The quantitative estimate of drug-likeness (QED) is 0.226. The number of alkyl halides is 1. The second kappa shape index (κ2) is 12.0. The lowest BCUT2D eigenvalue weighted by atomic mass is 10.1. The van der Waals surface area contributed by atoms with Gasteiger partial charge in [-0.25, -0.2) is 0 Å². The lowest BCUT2D eigenvalue weighted by Gasteiger charge is -2.39. The Labute approximate surface area is 202 Å². The predicted molar refractivity (Wildman–Crippen MR) is 135 cm³/mol. The fourth-order valence-corrected chi connectivity index (χ4v) is 5.68. The van der Waals surface area contributed by atoms with Crippen molar-refractivity contribution >= 4 is 34.4 Å². The Balaban J connectivity index is 1.39. The lowest BCUT2D eigenvalue weighted by molar-refractivity contribution is -0.141. The molecule has 4 atom stereocenters. The van der Waals surface area contributed by atoms with Gasteiger partial charge in [0.15, 0.2) is 0 Å². The highest BCUT2D eigenvalue weighted by Crippen LogP contribution is 2.38. The van der Waals surface area contributed by atoms with Gasteiger partial charge < -0.3 is 14.2 Å². The molecule has 0 aliphatic carbocycles. The summed E-state index contributed by atoms with van der Waals surface area (Å²) in [5, 5.41) is 0.